The van der Waals surface area contributed by atoms with E-state index in [0.29, 0.717) is 17.2 Å². The van der Waals surface area contributed by atoms with E-state index in [1.165, 1.54) is 16.9 Å². The Hall–Kier alpha value is -2.90. The van der Waals surface area contributed by atoms with Gasteiger partial charge in [-0.25, -0.2) is 4.98 Å². The Kier molecular flexibility index (Phi) is 6.30. The molecule has 1 saturated heterocycles. The SMILES string of the molecule is COc1cccc(-c2nc(C(=O)N[C@@H]3CCN(Cc4ccccc4)C3)cs2)c1OC. The summed E-state index contributed by atoms with van der Waals surface area (Å²) in [6.45, 7) is 2.73. The molecule has 156 valence electrons. The first-order valence-electron chi connectivity index (χ1n) is 9.92. The van der Waals surface area contributed by atoms with Crippen LogP contribution in [0, 0.1) is 0 Å². The van der Waals surface area contributed by atoms with E-state index in [4.69, 9.17) is 9.47 Å². The third-order valence-corrected chi connectivity index (χ3v) is 6.10. The highest BCUT2D eigenvalue weighted by Gasteiger charge is 2.25. The fourth-order valence-corrected chi connectivity index (χ4v) is 4.57. The molecule has 4 rings (SSSR count). The number of thiazole rings is 1. The van der Waals surface area contributed by atoms with E-state index in [1.807, 2.05) is 24.3 Å². The molecular weight excluding hydrogens is 398 g/mol. The van der Waals surface area contributed by atoms with Crippen LogP contribution >= 0.6 is 11.3 Å². The summed E-state index contributed by atoms with van der Waals surface area (Å²) in [4.78, 5) is 19.7. The molecule has 1 aliphatic rings. The summed E-state index contributed by atoms with van der Waals surface area (Å²) >= 11 is 1.42. The number of likely N-dealkylation sites (tertiary alicyclic amines) is 1. The molecule has 1 atom stereocenters. The van der Waals surface area contributed by atoms with E-state index in [2.05, 4.69) is 39.5 Å². The molecule has 0 saturated carbocycles. The van der Waals surface area contributed by atoms with Crippen LogP contribution in [0.1, 0.15) is 22.5 Å². The van der Waals surface area contributed by atoms with Gasteiger partial charge in [0.1, 0.15) is 10.7 Å². The van der Waals surface area contributed by atoms with Crippen LogP contribution in [0.25, 0.3) is 10.6 Å². The zero-order valence-electron chi connectivity index (χ0n) is 17.1. The van der Waals surface area contributed by atoms with Crippen LogP contribution in [0.5, 0.6) is 11.5 Å². The first kappa shape index (κ1) is 20.4. The normalized spacial score (nSPS) is 16.4. The maximum Gasteiger partial charge on any atom is 0.271 e. The number of methoxy groups -OCH3 is 2. The van der Waals surface area contributed by atoms with Crippen molar-refractivity contribution >= 4 is 17.2 Å². The van der Waals surface area contributed by atoms with Crippen molar-refractivity contribution in [3.63, 3.8) is 0 Å². The van der Waals surface area contributed by atoms with Crippen molar-refractivity contribution in [1.82, 2.24) is 15.2 Å². The maximum atomic E-state index is 12.7. The summed E-state index contributed by atoms with van der Waals surface area (Å²) in [6, 6.07) is 16.2. The number of rotatable bonds is 7. The van der Waals surface area contributed by atoms with Gasteiger partial charge in [0.2, 0.25) is 0 Å². The molecule has 1 aliphatic heterocycles. The van der Waals surface area contributed by atoms with E-state index in [-0.39, 0.29) is 11.9 Å². The fraction of sp³-hybridized carbons (Fsp3) is 0.304. The van der Waals surface area contributed by atoms with Gasteiger partial charge in [0.15, 0.2) is 11.5 Å². The smallest absolute Gasteiger partial charge is 0.271 e. The van der Waals surface area contributed by atoms with Gasteiger partial charge in [0.25, 0.3) is 5.91 Å². The molecule has 0 radical (unpaired) electrons. The number of nitrogens with one attached hydrogen (secondary N) is 1. The highest BCUT2D eigenvalue weighted by Crippen LogP contribution is 2.38. The molecule has 2 heterocycles. The number of nitrogens with zero attached hydrogens (tertiary/aromatic N) is 2. The molecule has 2 aromatic carbocycles. The molecule has 1 fully saturated rings. The Morgan fingerprint density at radius 3 is 2.77 bits per heavy atom. The molecule has 7 heteroatoms. The molecular formula is C23H25N3O3S. The largest absolute Gasteiger partial charge is 0.493 e. The van der Waals surface area contributed by atoms with Gasteiger partial charge in [-0.1, -0.05) is 36.4 Å². The second-order valence-electron chi connectivity index (χ2n) is 7.26. The number of ether oxygens (including phenoxy) is 2. The summed E-state index contributed by atoms with van der Waals surface area (Å²) in [7, 11) is 3.20. The Bertz CT molecular complexity index is 1010. The quantitative estimate of drug-likeness (QED) is 0.626. The summed E-state index contributed by atoms with van der Waals surface area (Å²) in [5, 5.41) is 5.66. The van der Waals surface area contributed by atoms with Crippen molar-refractivity contribution in [2.75, 3.05) is 27.3 Å². The first-order valence-corrected chi connectivity index (χ1v) is 10.8. The van der Waals surface area contributed by atoms with Crippen LogP contribution in [0.15, 0.2) is 53.9 Å². The zero-order valence-corrected chi connectivity index (χ0v) is 17.9. The fourth-order valence-electron chi connectivity index (χ4n) is 3.75. The predicted molar refractivity (Wildman–Crippen MR) is 118 cm³/mol. The lowest BCUT2D eigenvalue weighted by molar-refractivity contribution is 0.0933. The topological polar surface area (TPSA) is 63.7 Å². The van der Waals surface area contributed by atoms with Crippen LogP contribution in [-0.2, 0) is 6.54 Å². The second kappa shape index (κ2) is 9.28. The van der Waals surface area contributed by atoms with Crippen molar-refractivity contribution in [2.24, 2.45) is 0 Å². The Morgan fingerprint density at radius 2 is 2.00 bits per heavy atom. The van der Waals surface area contributed by atoms with Gasteiger partial charge in [0, 0.05) is 31.1 Å². The molecule has 30 heavy (non-hydrogen) atoms. The Morgan fingerprint density at radius 1 is 1.17 bits per heavy atom. The minimum absolute atomic E-state index is 0.133. The van der Waals surface area contributed by atoms with Crippen LogP contribution in [0.3, 0.4) is 0 Å². The number of carbonyl (C=O) groups is 1. The molecule has 0 aliphatic carbocycles. The van der Waals surface area contributed by atoms with Gasteiger partial charge in [-0.2, -0.15) is 0 Å². The average molecular weight is 424 g/mol. The van der Waals surface area contributed by atoms with E-state index >= 15 is 0 Å². The average Bonchev–Trinajstić information content (AvgIpc) is 3.43. The van der Waals surface area contributed by atoms with Gasteiger partial charge in [0.05, 0.1) is 19.8 Å². The van der Waals surface area contributed by atoms with Gasteiger partial charge >= 0.3 is 0 Å². The van der Waals surface area contributed by atoms with Crippen LogP contribution in [-0.4, -0.2) is 49.1 Å². The molecule has 1 aromatic heterocycles. The minimum atomic E-state index is -0.133. The first-order chi connectivity index (χ1) is 14.7. The number of hydrogen-bond acceptors (Lipinski definition) is 6. The van der Waals surface area contributed by atoms with Crippen molar-refractivity contribution < 1.29 is 14.3 Å². The summed E-state index contributed by atoms with van der Waals surface area (Å²) in [6.07, 6.45) is 0.944. The maximum absolute atomic E-state index is 12.7. The van der Waals surface area contributed by atoms with Crippen molar-refractivity contribution in [1.29, 1.82) is 0 Å². The number of carbonyl (C=O) groups excluding carboxylic acids is 1. The Balaban J connectivity index is 1.39. The molecule has 6 nitrogen and oxygen atoms in total. The summed E-state index contributed by atoms with van der Waals surface area (Å²) in [5.74, 6) is 1.13. The van der Waals surface area contributed by atoms with Crippen LogP contribution in [0.2, 0.25) is 0 Å². The van der Waals surface area contributed by atoms with Gasteiger partial charge < -0.3 is 14.8 Å². The van der Waals surface area contributed by atoms with Crippen molar-refractivity contribution in [3.05, 3.63) is 65.2 Å². The number of amides is 1. The highest BCUT2D eigenvalue weighted by atomic mass is 32.1. The number of hydrogen-bond donors (Lipinski definition) is 1. The second-order valence-corrected chi connectivity index (χ2v) is 8.12. The molecule has 0 bridgehead atoms. The lowest BCUT2D eigenvalue weighted by atomic mass is 10.2. The minimum Gasteiger partial charge on any atom is -0.493 e. The lowest BCUT2D eigenvalue weighted by Crippen LogP contribution is -2.37. The third-order valence-electron chi connectivity index (χ3n) is 5.23. The molecule has 1 amide bonds. The molecule has 1 N–H and O–H groups in total. The Labute approximate surface area is 180 Å². The summed E-state index contributed by atoms with van der Waals surface area (Å²) in [5.41, 5.74) is 2.54. The zero-order chi connectivity index (χ0) is 20.9. The van der Waals surface area contributed by atoms with Gasteiger partial charge in [-0.05, 0) is 24.1 Å². The summed E-state index contributed by atoms with van der Waals surface area (Å²) < 4.78 is 10.9. The van der Waals surface area contributed by atoms with Crippen LogP contribution < -0.4 is 14.8 Å². The van der Waals surface area contributed by atoms with Gasteiger partial charge in [-0.3, -0.25) is 9.69 Å². The van der Waals surface area contributed by atoms with Crippen LogP contribution in [0.4, 0.5) is 0 Å². The third kappa shape index (κ3) is 4.47. The van der Waals surface area contributed by atoms with E-state index in [1.54, 1.807) is 19.6 Å². The van der Waals surface area contributed by atoms with E-state index in [0.717, 1.165) is 36.6 Å². The molecule has 3 aromatic rings. The lowest BCUT2D eigenvalue weighted by Gasteiger charge is -2.16. The van der Waals surface area contributed by atoms with Crippen molar-refractivity contribution in [3.8, 4) is 22.1 Å². The number of benzene rings is 2. The molecule has 0 spiro atoms. The predicted octanol–water partition coefficient (Wildman–Crippen LogP) is 3.83. The number of aromatic nitrogens is 1. The highest BCUT2D eigenvalue weighted by molar-refractivity contribution is 7.13. The monoisotopic (exact) mass is 423 g/mol. The number of para-hydroxylation sites is 1. The standard InChI is InChI=1S/C23H25N3O3S/c1-28-20-10-6-9-18(21(20)29-2)23-25-19(15-30-23)22(27)24-17-11-12-26(14-17)13-16-7-4-3-5-8-16/h3-10,15,17H,11-14H2,1-2H3,(H,24,27)/t17-/m1/s1. The van der Waals surface area contributed by atoms with E-state index in [9.17, 15) is 4.79 Å². The molecule has 0 unspecified atom stereocenters. The van der Waals surface area contributed by atoms with Crippen molar-refractivity contribution in [2.45, 2.75) is 19.0 Å². The van der Waals surface area contributed by atoms with E-state index < -0.39 is 0 Å². The van der Waals surface area contributed by atoms with Gasteiger partial charge in [-0.15, -0.1) is 11.3 Å².